The van der Waals surface area contributed by atoms with Crippen molar-refractivity contribution in [3.63, 3.8) is 0 Å². The summed E-state index contributed by atoms with van der Waals surface area (Å²) >= 11 is 0. The Bertz CT molecular complexity index is 383. The fourth-order valence-corrected chi connectivity index (χ4v) is 2.57. The van der Waals surface area contributed by atoms with Crippen LogP contribution in [-0.4, -0.2) is 25.5 Å². The predicted molar refractivity (Wildman–Crippen MR) is 79.3 cm³/mol. The van der Waals surface area contributed by atoms with E-state index in [1.54, 1.807) is 0 Å². The van der Waals surface area contributed by atoms with Gasteiger partial charge in [-0.2, -0.15) is 0 Å². The van der Waals surface area contributed by atoms with Crippen molar-refractivity contribution < 1.29 is 4.79 Å². The minimum absolute atomic E-state index is 0.205. The summed E-state index contributed by atoms with van der Waals surface area (Å²) in [6.45, 7) is 4.94. The van der Waals surface area contributed by atoms with Crippen LogP contribution in [-0.2, 0) is 4.79 Å². The average molecular weight is 260 g/mol. The maximum absolute atomic E-state index is 12.0. The summed E-state index contributed by atoms with van der Waals surface area (Å²) in [5.74, 6) is 0.456. The van der Waals surface area contributed by atoms with Crippen LogP contribution in [0.4, 0.5) is 5.69 Å². The highest BCUT2D eigenvalue weighted by Gasteiger charge is 2.24. The van der Waals surface area contributed by atoms with Crippen LogP contribution in [0.5, 0.6) is 0 Å². The second-order valence-corrected chi connectivity index (χ2v) is 5.24. The summed E-state index contributed by atoms with van der Waals surface area (Å²) in [6, 6.07) is 10.5. The van der Waals surface area contributed by atoms with Gasteiger partial charge in [0, 0.05) is 31.2 Å². The van der Waals surface area contributed by atoms with Crippen LogP contribution in [0.25, 0.3) is 0 Å². The molecule has 2 rings (SSSR count). The van der Waals surface area contributed by atoms with Gasteiger partial charge in [0.15, 0.2) is 0 Å². The summed E-state index contributed by atoms with van der Waals surface area (Å²) in [4.78, 5) is 14.4. The van der Waals surface area contributed by atoms with Gasteiger partial charge in [-0.1, -0.05) is 31.5 Å². The van der Waals surface area contributed by atoms with Gasteiger partial charge in [0.25, 0.3) is 0 Å². The third kappa shape index (κ3) is 3.98. The quantitative estimate of drug-likeness (QED) is 0.826. The molecule has 1 heterocycles. The Balaban J connectivity index is 1.77. The van der Waals surface area contributed by atoms with Crippen molar-refractivity contribution in [2.45, 2.75) is 32.6 Å². The van der Waals surface area contributed by atoms with Gasteiger partial charge in [-0.05, 0) is 31.4 Å². The first-order valence-corrected chi connectivity index (χ1v) is 7.39. The number of hydrogen-bond acceptors (Lipinski definition) is 2. The molecule has 1 N–H and O–H groups in total. The van der Waals surface area contributed by atoms with Gasteiger partial charge in [0.1, 0.15) is 0 Å². The van der Waals surface area contributed by atoms with E-state index in [0.717, 1.165) is 45.3 Å². The zero-order chi connectivity index (χ0) is 13.5. The first kappa shape index (κ1) is 13.9. The van der Waals surface area contributed by atoms with Crippen LogP contribution >= 0.6 is 0 Å². The van der Waals surface area contributed by atoms with E-state index in [1.807, 2.05) is 6.07 Å². The molecule has 1 saturated heterocycles. The Morgan fingerprint density at radius 1 is 1.26 bits per heavy atom. The lowest BCUT2D eigenvalue weighted by Crippen LogP contribution is -2.40. The highest BCUT2D eigenvalue weighted by Crippen LogP contribution is 2.22. The maximum atomic E-state index is 12.0. The lowest BCUT2D eigenvalue weighted by Gasteiger charge is -2.33. The monoisotopic (exact) mass is 260 g/mol. The third-order valence-electron chi connectivity index (χ3n) is 3.82. The number of rotatable bonds is 5. The molecule has 0 atom stereocenters. The van der Waals surface area contributed by atoms with Crippen LogP contribution in [0, 0.1) is 5.92 Å². The van der Waals surface area contributed by atoms with Crippen molar-refractivity contribution in [1.29, 1.82) is 0 Å². The largest absolute Gasteiger partial charge is 0.371 e. The standard InChI is InChI=1S/C16H24N2O/c1-2-3-11-17-16(19)14-9-12-18(13-10-14)15-7-5-4-6-8-15/h4-8,14H,2-3,9-13H2,1H3,(H,17,19). The number of nitrogens with one attached hydrogen (secondary N) is 1. The number of anilines is 1. The summed E-state index contributed by atoms with van der Waals surface area (Å²) in [5, 5.41) is 3.05. The number of nitrogens with zero attached hydrogens (tertiary/aromatic N) is 1. The summed E-state index contributed by atoms with van der Waals surface area (Å²) in [6.07, 6.45) is 4.14. The van der Waals surface area contributed by atoms with E-state index in [-0.39, 0.29) is 11.8 Å². The Morgan fingerprint density at radius 3 is 2.58 bits per heavy atom. The molecule has 0 unspecified atom stereocenters. The van der Waals surface area contributed by atoms with E-state index in [9.17, 15) is 4.79 Å². The Hall–Kier alpha value is -1.51. The molecule has 1 fully saturated rings. The topological polar surface area (TPSA) is 32.3 Å². The van der Waals surface area contributed by atoms with Gasteiger partial charge in [0.2, 0.25) is 5.91 Å². The molecule has 1 amide bonds. The highest BCUT2D eigenvalue weighted by molar-refractivity contribution is 5.78. The van der Waals surface area contributed by atoms with Crippen LogP contribution in [0.1, 0.15) is 32.6 Å². The number of carbonyl (C=O) groups excluding carboxylic acids is 1. The zero-order valence-electron chi connectivity index (χ0n) is 11.8. The van der Waals surface area contributed by atoms with Crippen molar-refractivity contribution in [2.24, 2.45) is 5.92 Å². The first-order valence-electron chi connectivity index (χ1n) is 7.39. The molecular weight excluding hydrogens is 236 g/mol. The Morgan fingerprint density at radius 2 is 1.95 bits per heavy atom. The number of amides is 1. The fourth-order valence-electron chi connectivity index (χ4n) is 2.57. The lowest BCUT2D eigenvalue weighted by atomic mass is 9.95. The molecule has 0 spiro atoms. The molecule has 3 heteroatoms. The van der Waals surface area contributed by atoms with Crippen molar-refractivity contribution in [3.05, 3.63) is 30.3 Å². The van der Waals surface area contributed by atoms with Crippen molar-refractivity contribution in [2.75, 3.05) is 24.5 Å². The van der Waals surface area contributed by atoms with Gasteiger partial charge < -0.3 is 10.2 Å². The SMILES string of the molecule is CCCCNC(=O)C1CCN(c2ccccc2)CC1. The molecule has 19 heavy (non-hydrogen) atoms. The van der Waals surface area contributed by atoms with Gasteiger partial charge >= 0.3 is 0 Å². The van der Waals surface area contributed by atoms with Crippen LogP contribution in [0.15, 0.2) is 30.3 Å². The molecule has 0 radical (unpaired) electrons. The Labute approximate surface area is 116 Å². The van der Waals surface area contributed by atoms with Crippen LogP contribution < -0.4 is 10.2 Å². The summed E-state index contributed by atoms with van der Waals surface area (Å²) in [7, 11) is 0. The molecule has 1 aromatic rings. The molecule has 3 nitrogen and oxygen atoms in total. The van der Waals surface area contributed by atoms with E-state index in [2.05, 4.69) is 41.4 Å². The highest BCUT2D eigenvalue weighted by atomic mass is 16.1. The number of hydrogen-bond donors (Lipinski definition) is 1. The maximum Gasteiger partial charge on any atom is 0.223 e. The number of carbonyl (C=O) groups is 1. The summed E-state index contributed by atoms with van der Waals surface area (Å²) < 4.78 is 0. The van der Waals surface area contributed by atoms with Crippen molar-refractivity contribution in [1.82, 2.24) is 5.32 Å². The van der Waals surface area contributed by atoms with Crippen LogP contribution in [0.2, 0.25) is 0 Å². The second kappa shape index (κ2) is 7.17. The average Bonchev–Trinajstić information content (AvgIpc) is 2.48. The molecule has 0 aliphatic carbocycles. The number of benzene rings is 1. The lowest BCUT2D eigenvalue weighted by molar-refractivity contribution is -0.125. The van der Waals surface area contributed by atoms with Gasteiger partial charge in [-0.15, -0.1) is 0 Å². The molecule has 1 aromatic carbocycles. The molecule has 104 valence electrons. The van der Waals surface area contributed by atoms with E-state index in [4.69, 9.17) is 0 Å². The fraction of sp³-hybridized carbons (Fsp3) is 0.562. The van der Waals surface area contributed by atoms with Crippen molar-refractivity contribution in [3.8, 4) is 0 Å². The summed E-state index contributed by atoms with van der Waals surface area (Å²) in [5.41, 5.74) is 1.27. The number of para-hydroxylation sites is 1. The van der Waals surface area contributed by atoms with Gasteiger partial charge in [-0.3, -0.25) is 4.79 Å². The molecule has 0 saturated carbocycles. The normalized spacial score (nSPS) is 16.4. The van der Waals surface area contributed by atoms with Crippen molar-refractivity contribution >= 4 is 11.6 Å². The molecule has 0 aromatic heterocycles. The first-order chi connectivity index (χ1) is 9.31. The zero-order valence-corrected chi connectivity index (χ0v) is 11.8. The number of unbranched alkanes of at least 4 members (excludes halogenated alkanes) is 1. The van der Waals surface area contributed by atoms with Gasteiger partial charge in [-0.25, -0.2) is 0 Å². The van der Waals surface area contributed by atoms with E-state index >= 15 is 0 Å². The number of piperidine rings is 1. The van der Waals surface area contributed by atoms with Gasteiger partial charge in [0.05, 0.1) is 0 Å². The minimum Gasteiger partial charge on any atom is -0.371 e. The van der Waals surface area contributed by atoms with E-state index in [1.165, 1.54) is 5.69 Å². The molecular formula is C16H24N2O. The molecule has 1 aliphatic heterocycles. The smallest absolute Gasteiger partial charge is 0.223 e. The second-order valence-electron chi connectivity index (χ2n) is 5.24. The molecule has 1 aliphatic rings. The van der Waals surface area contributed by atoms with Crippen LogP contribution in [0.3, 0.4) is 0 Å². The minimum atomic E-state index is 0.205. The Kier molecular flexibility index (Phi) is 5.25. The predicted octanol–water partition coefficient (Wildman–Crippen LogP) is 2.82. The molecule has 0 bridgehead atoms. The van der Waals surface area contributed by atoms with E-state index in [0.29, 0.717) is 0 Å². The van der Waals surface area contributed by atoms with E-state index < -0.39 is 0 Å². The third-order valence-corrected chi connectivity index (χ3v) is 3.82.